The molecule has 0 spiro atoms. The van der Waals surface area contributed by atoms with Crippen LogP contribution in [-0.4, -0.2) is 32.3 Å². The Bertz CT molecular complexity index is 350. The Morgan fingerprint density at radius 1 is 1.31 bits per heavy atom. The van der Waals surface area contributed by atoms with Gasteiger partial charge < -0.3 is 10.5 Å². The van der Waals surface area contributed by atoms with Gasteiger partial charge >= 0.3 is 0 Å². The predicted octanol–water partition coefficient (Wildman–Crippen LogP) is 1.70. The van der Waals surface area contributed by atoms with E-state index in [-0.39, 0.29) is 0 Å². The van der Waals surface area contributed by atoms with Gasteiger partial charge in [-0.3, -0.25) is 4.90 Å². The Morgan fingerprint density at radius 2 is 2.00 bits per heavy atom. The van der Waals surface area contributed by atoms with Gasteiger partial charge in [0.05, 0.1) is 7.11 Å². The Hall–Kier alpha value is -1.06. The summed E-state index contributed by atoms with van der Waals surface area (Å²) in [6.45, 7) is 5.77. The van der Waals surface area contributed by atoms with Crippen molar-refractivity contribution in [1.82, 2.24) is 4.90 Å². The number of hydrogen-bond acceptors (Lipinski definition) is 3. The zero-order valence-electron chi connectivity index (χ0n) is 10.7. The molecular weight excluding hydrogens is 200 g/mol. The van der Waals surface area contributed by atoms with Crippen molar-refractivity contribution in [3.63, 3.8) is 0 Å². The molecule has 0 aliphatic rings. The van der Waals surface area contributed by atoms with E-state index in [2.05, 4.69) is 30.9 Å². The van der Waals surface area contributed by atoms with E-state index in [1.165, 1.54) is 16.7 Å². The second-order valence-electron chi connectivity index (χ2n) is 4.27. The van der Waals surface area contributed by atoms with Gasteiger partial charge in [-0.25, -0.2) is 0 Å². The second kappa shape index (κ2) is 5.87. The quantitative estimate of drug-likeness (QED) is 0.771. The minimum Gasteiger partial charge on any atom is -0.496 e. The molecule has 2 N–H and O–H groups in total. The van der Waals surface area contributed by atoms with Crippen molar-refractivity contribution < 1.29 is 4.74 Å². The number of nitrogens with zero attached hydrogens (tertiary/aromatic N) is 1. The van der Waals surface area contributed by atoms with Gasteiger partial charge in [-0.1, -0.05) is 6.07 Å². The van der Waals surface area contributed by atoms with Crippen LogP contribution >= 0.6 is 0 Å². The third kappa shape index (κ3) is 3.22. The van der Waals surface area contributed by atoms with E-state index in [0.717, 1.165) is 18.7 Å². The molecule has 16 heavy (non-hydrogen) atoms. The molecule has 0 amide bonds. The molecule has 0 bridgehead atoms. The van der Waals surface area contributed by atoms with Crippen LogP contribution in [0.5, 0.6) is 5.75 Å². The van der Waals surface area contributed by atoms with E-state index in [9.17, 15) is 0 Å². The molecule has 1 aromatic carbocycles. The van der Waals surface area contributed by atoms with Gasteiger partial charge in [0.2, 0.25) is 0 Å². The molecule has 0 aliphatic carbocycles. The fraction of sp³-hybridized carbons (Fsp3) is 0.538. The van der Waals surface area contributed by atoms with Gasteiger partial charge in [0.15, 0.2) is 0 Å². The lowest BCUT2D eigenvalue weighted by atomic mass is 10.0. The smallest absolute Gasteiger partial charge is 0.122 e. The largest absolute Gasteiger partial charge is 0.496 e. The van der Waals surface area contributed by atoms with E-state index in [4.69, 9.17) is 10.5 Å². The monoisotopic (exact) mass is 222 g/mol. The maximum absolute atomic E-state index is 5.56. The van der Waals surface area contributed by atoms with Gasteiger partial charge in [0.1, 0.15) is 5.75 Å². The Morgan fingerprint density at radius 3 is 2.56 bits per heavy atom. The van der Waals surface area contributed by atoms with Crippen LogP contribution in [0, 0.1) is 13.8 Å². The van der Waals surface area contributed by atoms with Gasteiger partial charge in [-0.15, -0.1) is 0 Å². The number of aryl methyl sites for hydroxylation is 2. The molecule has 0 radical (unpaired) electrons. The number of ether oxygens (including phenoxy) is 1. The van der Waals surface area contributed by atoms with Gasteiger partial charge in [0, 0.05) is 13.2 Å². The molecule has 0 saturated heterocycles. The van der Waals surface area contributed by atoms with Crippen LogP contribution in [0.4, 0.5) is 0 Å². The summed E-state index contributed by atoms with van der Waals surface area (Å²) in [6.07, 6.45) is 0.975. The number of rotatable bonds is 5. The van der Waals surface area contributed by atoms with Crippen LogP contribution in [0.2, 0.25) is 0 Å². The highest BCUT2D eigenvalue weighted by Gasteiger charge is 2.08. The molecule has 0 aromatic heterocycles. The maximum atomic E-state index is 5.56. The summed E-state index contributed by atoms with van der Waals surface area (Å²) in [6, 6.07) is 4.28. The van der Waals surface area contributed by atoms with Gasteiger partial charge in [-0.2, -0.15) is 0 Å². The molecule has 90 valence electrons. The molecule has 0 saturated carbocycles. The van der Waals surface area contributed by atoms with Crippen LogP contribution in [0.1, 0.15) is 16.7 Å². The second-order valence-corrected chi connectivity index (χ2v) is 4.27. The number of benzene rings is 1. The predicted molar refractivity (Wildman–Crippen MR) is 67.9 cm³/mol. The maximum Gasteiger partial charge on any atom is 0.122 e. The zero-order chi connectivity index (χ0) is 12.1. The van der Waals surface area contributed by atoms with Crippen molar-refractivity contribution in [2.45, 2.75) is 20.3 Å². The minimum absolute atomic E-state index is 0.591. The van der Waals surface area contributed by atoms with Crippen molar-refractivity contribution in [1.29, 1.82) is 0 Å². The third-order valence-corrected chi connectivity index (χ3v) is 2.85. The lowest BCUT2D eigenvalue weighted by molar-refractivity contribution is 0.344. The molecular formula is C13H22N2O. The van der Waals surface area contributed by atoms with Crippen LogP contribution in [0.25, 0.3) is 0 Å². The zero-order valence-corrected chi connectivity index (χ0v) is 10.7. The van der Waals surface area contributed by atoms with Crippen molar-refractivity contribution >= 4 is 0 Å². The summed E-state index contributed by atoms with van der Waals surface area (Å²) in [5.41, 5.74) is 9.38. The Labute approximate surface area is 98.2 Å². The number of hydrogen-bond donors (Lipinski definition) is 1. The van der Waals surface area contributed by atoms with Gasteiger partial charge in [-0.05, 0) is 50.1 Å². The van der Waals surface area contributed by atoms with Crippen molar-refractivity contribution in [3.05, 3.63) is 28.8 Å². The fourth-order valence-electron chi connectivity index (χ4n) is 1.85. The Balaban J connectivity index is 2.85. The van der Waals surface area contributed by atoms with E-state index in [0.29, 0.717) is 6.67 Å². The standard InChI is InChI=1S/C13H22N2O/c1-10-7-11(2)12(13(8-10)16-4)5-6-15(3)9-14/h7-8H,5-6,9,14H2,1-4H3. The highest BCUT2D eigenvalue weighted by atomic mass is 16.5. The molecule has 0 atom stereocenters. The molecule has 0 aliphatic heterocycles. The SMILES string of the molecule is COc1cc(C)cc(C)c1CCN(C)CN. The lowest BCUT2D eigenvalue weighted by Crippen LogP contribution is -2.27. The van der Waals surface area contributed by atoms with Crippen LogP contribution in [0.3, 0.4) is 0 Å². The first-order valence-electron chi connectivity index (χ1n) is 5.61. The molecule has 1 aromatic rings. The molecule has 0 heterocycles. The number of likely N-dealkylation sites (N-methyl/N-ethyl adjacent to an activating group) is 1. The average Bonchev–Trinajstić information content (AvgIpc) is 2.26. The van der Waals surface area contributed by atoms with E-state index in [1.807, 2.05) is 7.05 Å². The molecule has 1 rings (SSSR count). The summed E-state index contributed by atoms with van der Waals surface area (Å²) < 4.78 is 5.42. The first kappa shape index (κ1) is 13.0. The van der Waals surface area contributed by atoms with E-state index >= 15 is 0 Å². The van der Waals surface area contributed by atoms with Crippen molar-refractivity contribution in [2.24, 2.45) is 5.73 Å². The molecule has 0 fully saturated rings. The topological polar surface area (TPSA) is 38.5 Å². The summed E-state index contributed by atoms with van der Waals surface area (Å²) in [4.78, 5) is 2.10. The third-order valence-electron chi connectivity index (χ3n) is 2.85. The molecule has 3 heteroatoms. The highest BCUT2D eigenvalue weighted by molar-refractivity contribution is 5.43. The summed E-state index contributed by atoms with van der Waals surface area (Å²) >= 11 is 0. The van der Waals surface area contributed by atoms with E-state index in [1.54, 1.807) is 7.11 Å². The average molecular weight is 222 g/mol. The summed E-state index contributed by atoms with van der Waals surface area (Å²) in [5.74, 6) is 0.989. The summed E-state index contributed by atoms with van der Waals surface area (Å²) in [7, 11) is 3.75. The fourth-order valence-corrected chi connectivity index (χ4v) is 1.85. The van der Waals surface area contributed by atoms with Crippen LogP contribution < -0.4 is 10.5 Å². The van der Waals surface area contributed by atoms with Crippen LogP contribution in [-0.2, 0) is 6.42 Å². The molecule has 0 unspecified atom stereocenters. The number of nitrogens with two attached hydrogens (primary N) is 1. The van der Waals surface area contributed by atoms with Gasteiger partial charge in [0.25, 0.3) is 0 Å². The normalized spacial score (nSPS) is 10.9. The summed E-state index contributed by atoms with van der Waals surface area (Å²) in [5, 5.41) is 0. The van der Waals surface area contributed by atoms with E-state index < -0.39 is 0 Å². The van der Waals surface area contributed by atoms with Crippen molar-refractivity contribution in [3.8, 4) is 5.75 Å². The first-order valence-corrected chi connectivity index (χ1v) is 5.61. The van der Waals surface area contributed by atoms with Crippen molar-refractivity contribution in [2.75, 3.05) is 27.4 Å². The highest BCUT2D eigenvalue weighted by Crippen LogP contribution is 2.24. The lowest BCUT2D eigenvalue weighted by Gasteiger charge is -2.17. The minimum atomic E-state index is 0.591. The van der Waals surface area contributed by atoms with Crippen LogP contribution in [0.15, 0.2) is 12.1 Å². The molecule has 3 nitrogen and oxygen atoms in total. The Kier molecular flexibility index (Phi) is 4.77. The first-order chi connectivity index (χ1) is 7.58. The number of methoxy groups -OCH3 is 1.